The van der Waals surface area contributed by atoms with E-state index in [2.05, 4.69) is 31.8 Å². The molecule has 4 rings (SSSR count). The van der Waals surface area contributed by atoms with Crippen molar-refractivity contribution in [1.82, 2.24) is 25.3 Å². The summed E-state index contributed by atoms with van der Waals surface area (Å²) in [6.07, 6.45) is 13.7. The molecule has 0 bridgehead atoms. The number of alkyl carbamates (subject to hydrolysis) is 1. The van der Waals surface area contributed by atoms with Crippen molar-refractivity contribution in [3.63, 3.8) is 0 Å². The number of carboxylic acid groups (broad SMARTS) is 1. The summed E-state index contributed by atoms with van der Waals surface area (Å²) in [6.45, 7) is 3.69. The van der Waals surface area contributed by atoms with Crippen LogP contribution in [0, 0.1) is 0 Å². The molecule has 0 unspecified atom stereocenters. The molecule has 9 heteroatoms. The van der Waals surface area contributed by atoms with Crippen molar-refractivity contribution in [3.8, 4) is 0 Å². The maximum atomic E-state index is 11.4. The molecule has 0 aromatic carbocycles. The molecular weight excluding hydrogens is 362 g/mol. The lowest BCUT2D eigenvalue weighted by Gasteiger charge is -2.15. The van der Waals surface area contributed by atoms with Gasteiger partial charge in [-0.05, 0) is 25.7 Å². The first kappa shape index (κ1) is 19.4. The number of nitrogens with one attached hydrogen (secondary N) is 1. The molecule has 146 valence electrons. The topological polar surface area (TPSA) is 127 Å². The number of ether oxygens (including phenoxy) is 1. The van der Waals surface area contributed by atoms with Crippen LogP contribution in [0.4, 0.5) is 4.79 Å². The van der Waals surface area contributed by atoms with Gasteiger partial charge in [0.05, 0.1) is 23.1 Å². The molecule has 2 saturated carbocycles. The Balaban J connectivity index is 0.000000167. The Morgan fingerprint density at radius 1 is 1.07 bits per heavy atom. The summed E-state index contributed by atoms with van der Waals surface area (Å²) in [4.78, 5) is 38.2. The summed E-state index contributed by atoms with van der Waals surface area (Å²) in [6, 6.07) is 0. The highest BCUT2D eigenvalue weighted by atomic mass is 16.5. The van der Waals surface area contributed by atoms with Gasteiger partial charge in [-0.3, -0.25) is 24.7 Å². The van der Waals surface area contributed by atoms with E-state index in [1.54, 1.807) is 24.8 Å². The van der Waals surface area contributed by atoms with Gasteiger partial charge >= 0.3 is 12.1 Å². The van der Waals surface area contributed by atoms with Gasteiger partial charge in [-0.25, -0.2) is 4.79 Å². The van der Waals surface area contributed by atoms with Crippen LogP contribution in [0.1, 0.15) is 37.1 Å². The molecule has 9 nitrogen and oxygen atoms in total. The Hall–Kier alpha value is -3.36. The van der Waals surface area contributed by atoms with Gasteiger partial charge in [-0.1, -0.05) is 12.7 Å². The van der Waals surface area contributed by atoms with E-state index in [1.807, 2.05) is 0 Å². The van der Waals surface area contributed by atoms with Crippen LogP contribution in [0.5, 0.6) is 0 Å². The van der Waals surface area contributed by atoms with Gasteiger partial charge in [-0.15, -0.1) is 0 Å². The number of carboxylic acids is 1. The average molecular weight is 383 g/mol. The molecule has 0 aliphatic heterocycles. The van der Waals surface area contributed by atoms with Gasteiger partial charge in [0.2, 0.25) is 0 Å². The minimum Gasteiger partial charge on any atom is -0.481 e. The Morgan fingerprint density at radius 3 is 2.11 bits per heavy atom. The number of aromatic nitrogens is 4. The third kappa shape index (κ3) is 4.30. The largest absolute Gasteiger partial charge is 0.481 e. The molecule has 2 aliphatic rings. The van der Waals surface area contributed by atoms with E-state index < -0.39 is 17.5 Å². The number of aliphatic carboxylic acids is 1. The Bertz CT molecular complexity index is 836. The van der Waals surface area contributed by atoms with Crippen molar-refractivity contribution in [2.24, 2.45) is 0 Å². The predicted octanol–water partition coefficient (Wildman–Crippen LogP) is 1.97. The molecule has 2 aromatic heterocycles. The van der Waals surface area contributed by atoms with Crippen LogP contribution in [-0.4, -0.2) is 43.7 Å². The van der Waals surface area contributed by atoms with Gasteiger partial charge < -0.3 is 15.2 Å². The fraction of sp³-hybridized carbons (Fsp3) is 0.368. The van der Waals surface area contributed by atoms with Crippen LogP contribution in [0.3, 0.4) is 0 Å². The van der Waals surface area contributed by atoms with Gasteiger partial charge in [0, 0.05) is 31.0 Å². The monoisotopic (exact) mass is 383 g/mol. The average Bonchev–Trinajstić information content (AvgIpc) is 3.63. The van der Waals surface area contributed by atoms with E-state index in [1.165, 1.54) is 18.5 Å². The normalized spacial score (nSPS) is 17.3. The maximum absolute atomic E-state index is 11.4. The Labute approximate surface area is 161 Å². The second kappa shape index (κ2) is 8.12. The molecule has 1 amide bonds. The lowest BCUT2D eigenvalue weighted by Crippen LogP contribution is -2.36. The zero-order valence-electron chi connectivity index (χ0n) is 15.2. The fourth-order valence-corrected chi connectivity index (χ4v) is 2.73. The van der Waals surface area contributed by atoms with Crippen LogP contribution in [-0.2, 0) is 20.5 Å². The summed E-state index contributed by atoms with van der Waals surface area (Å²) < 4.78 is 4.87. The second-order valence-corrected chi connectivity index (χ2v) is 6.66. The summed E-state index contributed by atoms with van der Waals surface area (Å²) in [7, 11) is 0. The standard InChI is InChI=1S/C11H13N3O2.C8H8N2O2/c1-2-7-16-10(15)14-11(3-4-11)9-8-12-5-6-13-9;11-7(12)8(1-2-8)6-5-9-3-4-10-6/h2,5-6,8H,1,3-4,7H2,(H,14,15);3-5H,1-2H2,(H,11,12). The highest BCUT2D eigenvalue weighted by molar-refractivity contribution is 5.84. The minimum atomic E-state index is -0.789. The number of nitrogens with zero attached hydrogens (tertiary/aromatic N) is 4. The number of rotatable bonds is 6. The molecule has 2 fully saturated rings. The van der Waals surface area contributed by atoms with Crippen LogP contribution in [0.25, 0.3) is 0 Å². The summed E-state index contributed by atoms with van der Waals surface area (Å²) in [5.41, 5.74) is 0.281. The first-order chi connectivity index (χ1) is 13.5. The van der Waals surface area contributed by atoms with Crippen LogP contribution in [0.15, 0.2) is 49.8 Å². The van der Waals surface area contributed by atoms with Crippen molar-refractivity contribution < 1.29 is 19.4 Å². The minimum absolute atomic E-state index is 0.211. The second-order valence-electron chi connectivity index (χ2n) is 6.66. The lowest BCUT2D eigenvalue weighted by molar-refractivity contribution is -0.140. The summed E-state index contributed by atoms with van der Waals surface area (Å²) in [5.74, 6) is -0.789. The molecule has 0 saturated heterocycles. The molecule has 2 heterocycles. The molecule has 2 N–H and O–H groups in total. The fourth-order valence-electron chi connectivity index (χ4n) is 2.73. The molecular formula is C19H21N5O4. The van der Waals surface area contributed by atoms with Crippen molar-refractivity contribution >= 4 is 12.1 Å². The highest BCUT2D eigenvalue weighted by Gasteiger charge is 2.53. The molecule has 28 heavy (non-hydrogen) atoms. The third-order valence-corrected chi connectivity index (χ3v) is 4.69. The van der Waals surface area contributed by atoms with Crippen molar-refractivity contribution in [1.29, 1.82) is 0 Å². The Kier molecular flexibility index (Phi) is 5.62. The lowest BCUT2D eigenvalue weighted by atomic mass is 10.0. The smallest absolute Gasteiger partial charge is 0.408 e. The zero-order chi connectivity index (χ0) is 20.0. The van der Waals surface area contributed by atoms with E-state index in [-0.39, 0.29) is 12.1 Å². The maximum Gasteiger partial charge on any atom is 0.408 e. The van der Waals surface area contributed by atoms with Crippen LogP contribution in [0.2, 0.25) is 0 Å². The summed E-state index contributed by atoms with van der Waals surface area (Å²) >= 11 is 0. The van der Waals surface area contributed by atoms with Crippen molar-refractivity contribution in [2.75, 3.05) is 6.61 Å². The summed E-state index contributed by atoms with van der Waals surface area (Å²) in [5, 5.41) is 11.7. The molecule has 0 spiro atoms. The van der Waals surface area contributed by atoms with Crippen molar-refractivity contribution in [3.05, 3.63) is 61.2 Å². The quantitative estimate of drug-likeness (QED) is 0.725. The van der Waals surface area contributed by atoms with E-state index in [4.69, 9.17) is 9.84 Å². The Morgan fingerprint density at radius 2 is 1.68 bits per heavy atom. The number of hydrogen-bond acceptors (Lipinski definition) is 7. The first-order valence-electron chi connectivity index (χ1n) is 8.85. The van der Waals surface area contributed by atoms with E-state index in [0.717, 1.165) is 18.5 Å². The zero-order valence-corrected chi connectivity index (χ0v) is 15.2. The van der Waals surface area contributed by atoms with Gasteiger partial charge in [0.25, 0.3) is 0 Å². The molecule has 2 aromatic rings. The van der Waals surface area contributed by atoms with Gasteiger partial charge in [0.1, 0.15) is 12.0 Å². The van der Waals surface area contributed by atoms with Crippen LogP contribution >= 0.6 is 0 Å². The van der Waals surface area contributed by atoms with E-state index in [9.17, 15) is 9.59 Å². The molecule has 0 atom stereocenters. The van der Waals surface area contributed by atoms with E-state index >= 15 is 0 Å². The number of carbonyl (C=O) groups is 2. The number of amides is 1. The predicted molar refractivity (Wildman–Crippen MR) is 98.2 cm³/mol. The van der Waals surface area contributed by atoms with E-state index in [0.29, 0.717) is 18.5 Å². The SMILES string of the molecule is C=CCOC(=O)NC1(c2cnccn2)CC1.O=C(O)C1(c2cnccn2)CC1. The van der Waals surface area contributed by atoms with Crippen LogP contribution < -0.4 is 5.32 Å². The number of carbonyl (C=O) groups excluding carboxylic acids is 1. The molecule has 2 aliphatic carbocycles. The van der Waals surface area contributed by atoms with Gasteiger partial charge in [-0.2, -0.15) is 0 Å². The highest BCUT2D eigenvalue weighted by Crippen LogP contribution is 2.47. The first-order valence-corrected chi connectivity index (χ1v) is 8.85. The number of hydrogen-bond donors (Lipinski definition) is 2. The van der Waals surface area contributed by atoms with Crippen molar-refractivity contribution in [2.45, 2.75) is 36.6 Å². The molecule has 0 radical (unpaired) electrons. The third-order valence-electron chi connectivity index (χ3n) is 4.69. The van der Waals surface area contributed by atoms with Gasteiger partial charge in [0.15, 0.2) is 0 Å².